The molecule has 0 unspecified atom stereocenters. The molecule has 130 valence electrons. The predicted octanol–water partition coefficient (Wildman–Crippen LogP) is 4.01. The zero-order valence-electron chi connectivity index (χ0n) is 14.5. The van der Waals surface area contributed by atoms with Crippen LogP contribution in [0, 0.1) is 0 Å². The maximum Gasteiger partial charge on any atom is 0.308 e. The van der Waals surface area contributed by atoms with E-state index in [1.165, 1.54) is 13.8 Å². The minimum Gasteiger partial charge on any atom is -0.422 e. The predicted molar refractivity (Wildman–Crippen MR) is 95.1 cm³/mol. The van der Waals surface area contributed by atoms with Crippen molar-refractivity contribution in [1.29, 1.82) is 0 Å². The third-order valence-electron chi connectivity index (χ3n) is 3.67. The van der Waals surface area contributed by atoms with Gasteiger partial charge in [-0.3, -0.25) is 14.4 Å². The first kappa shape index (κ1) is 18.4. The third kappa shape index (κ3) is 3.76. The average molecular weight is 340 g/mol. The number of ether oxygens (including phenoxy) is 2. The van der Waals surface area contributed by atoms with Crippen molar-refractivity contribution in [2.24, 2.45) is 0 Å². The van der Waals surface area contributed by atoms with Crippen molar-refractivity contribution in [2.45, 2.75) is 33.6 Å². The highest BCUT2D eigenvalue weighted by atomic mass is 16.6. The monoisotopic (exact) mass is 340 g/mol. The summed E-state index contributed by atoms with van der Waals surface area (Å²) in [7, 11) is 0. The molecule has 0 amide bonds. The lowest BCUT2D eigenvalue weighted by atomic mass is 9.91. The van der Waals surface area contributed by atoms with Crippen LogP contribution in [0.3, 0.4) is 0 Å². The zero-order valence-corrected chi connectivity index (χ0v) is 14.5. The van der Waals surface area contributed by atoms with Crippen LogP contribution in [0.5, 0.6) is 11.5 Å². The number of benzene rings is 2. The second kappa shape index (κ2) is 7.75. The molecule has 0 spiro atoms. The molecule has 2 aromatic carbocycles. The first-order valence-corrected chi connectivity index (χ1v) is 7.99. The van der Waals surface area contributed by atoms with Gasteiger partial charge >= 0.3 is 11.9 Å². The summed E-state index contributed by atoms with van der Waals surface area (Å²) in [5.74, 6) is -1.29. The fourth-order valence-corrected chi connectivity index (χ4v) is 2.77. The summed E-state index contributed by atoms with van der Waals surface area (Å²) < 4.78 is 10.7. The number of Topliss-reactive ketones (excluding diaryl/α,β-unsaturated/α-hetero) is 1. The van der Waals surface area contributed by atoms with E-state index in [0.29, 0.717) is 17.4 Å². The minimum absolute atomic E-state index is 0.00917. The first-order valence-electron chi connectivity index (χ1n) is 7.99. The molecule has 0 aromatic heterocycles. The Morgan fingerprint density at radius 3 is 2.08 bits per heavy atom. The zero-order chi connectivity index (χ0) is 18.6. The van der Waals surface area contributed by atoms with Crippen molar-refractivity contribution in [2.75, 3.05) is 0 Å². The van der Waals surface area contributed by atoms with Gasteiger partial charge in [-0.1, -0.05) is 37.3 Å². The van der Waals surface area contributed by atoms with E-state index in [1.54, 1.807) is 25.1 Å². The van der Waals surface area contributed by atoms with Crippen LogP contribution in [0.4, 0.5) is 0 Å². The highest BCUT2D eigenvalue weighted by molar-refractivity contribution is 6.09. The lowest BCUT2D eigenvalue weighted by Gasteiger charge is -2.19. The van der Waals surface area contributed by atoms with Gasteiger partial charge in [0.05, 0.1) is 5.56 Å². The molecule has 0 N–H and O–H groups in total. The van der Waals surface area contributed by atoms with Crippen molar-refractivity contribution in [3.63, 3.8) is 0 Å². The van der Waals surface area contributed by atoms with Gasteiger partial charge in [-0.25, -0.2) is 0 Å². The van der Waals surface area contributed by atoms with E-state index >= 15 is 0 Å². The summed E-state index contributed by atoms with van der Waals surface area (Å²) in [4.78, 5) is 35.8. The molecular weight excluding hydrogens is 320 g/mol. The molecule has 0 atom stereocenters. The van der Waals surface area contributed by atoms with Gasteiger partial charge in [0.15, 0.2) is 17.3 Å². The van der Waals surface area contributed by atoms with E-state index in [0.717, 1.165) is 5.39 Å². The molecule has 25 heavy (non-hydrogen) atoms. The Kier molecular flexibility index (Phi) is 5.70. The summed E-state index contributed by atoms with van der Waals surface area (Å²) in [6.07, 6.45) is 2.31. The van der Waals surface area contributed by atoms with Gasteiger partial charge in [-0.2, -0.15) is 0 Å². The standard InChI is InChI=1S/C20H20O5/c1-5-9-15-14-10-7-8-11-16(14)19(24-12(3)21)20(25-13(4)22)18(15)17(23)6-2/h5,7-8,10-11H,1,6,9H2,2-4H3. The first-order chi connectivity index (χ1) is 11.9. The molecule has 2 rings (SSSR count). The summed E-state index contributed by atoms with van der Waals surface area (Å²) in [5, 5.41) is 1.35. The van der Waals surface area contributed by atoms with Crippen molar-refractivity contribution < 1.29 is 23.9 Å². The number of carbonyl (C=O) groups is 3. The Labute approximate surface area is 146 Å². The van der Waals surface area contributed by atoms with Crippen LogP contribution in [0.1, 0.15) is 43.1 Å². The second-order valence-corrected chi connectivity index (χ2v) is 5.51. The lowest BCUT2D eigenvalue weighted by molar-refractivity contribution is -0.134. The lowest BCUT2D eigenvalue weighted by Crippen LogP contribution is -2.14. The largest absolute Gasteiger partial charge is 0.422 e. The molecule has 0 fully saturated rings. The van der Waals surface area contributed by atoms with E-state index in [-0.39, 0.29) is 29.3 Å². The number of allylic oxidation sites excluding steroid dienone is 1. The quantitative estimate of drug-likeness (QED) is 0.344. The second-order valence-electron chi connectivity index (χ2n) is 5.51. The smallest absolute Gasteiger partial charge is 0.308 e. The number of rotatable bonds is 6. The van der Waals surface area contributed by atoms with Gasteiger partial charge in [-0.15, -0.1) is 6.58 Å². The van der Waals surface area contributed by atoms with Crippen LogP contribution in [-0.4, -0.2) is 17.7 Å². The van der Waals surface area contributed by atoms with Crippen LogP contribution in [0.25, 0.3) is 10.8 Å². The average Bonchev–Trinajstić information content (AvgIpc) is 2.57. The fourth-order valence-electron chi connectivity index (χ4n) is 2.77. The minimum atomic E-state index is -0.599. The third-order valence-corrected chi connectivity index (χ3v) is 3.67. The topological polar surface area (TPSA) is 69.7 Å². The molecular formula is C20H20O5. The molecule has 0 aliphatic rings. The number of ketones is 1. The van der Waals surface area contributed by atoms with E-state index in [4.69, 9.17) is 9.47 Å². The Balaban J connectivity index is 3.01. The number of esters is 2. The Morgan fingerprint density at radius 2 is 1.56 bits per heavy atom. The number of hydrogen-bond acceptors (Lipinski definition) is 5. The van der Waals surface area contributed by atoms with E-state index in [1.807, 2.05) is 12.1 Å². The number of carbonyl (C=O) groups excluding carboxylic acids is 3. The highest BCUT2D eigenvalue weighted by Gasteiger charge is 2.26. The molecule has 0 saturated carbocycles. The fraction of sp³-hybridized carbons (Fsp3) is 0.250. The van der Waals surface area contributed by atoms with Crippen molar-refractivity contribution in [3.05, 3.63) is 48.0 Å². The molecule has 5 heteroatoms. The highest BCUT2D eigenvalue weighted by Crippen LogP contribution is 2.43. The molecule has 0 aliphatic heterocycles. The van der Waals surface area contributed by atoms with Crippen molar-refractivity contribution in [1.82, 2.24) is 0 Å². The van der Waals surface area contributed by atoms with E-state index in [9.17, 15) is 14.4 Å². The van der Waals surface area contributed by atoms with Gasteiger partial charge in [0.2, 0.25) is 0 Å². The van der Waals surface area contributed by atoms with E-state index in [2.05, 4.69) is 6.58 Å². The summed E-state index contributed by atoms with van der Waals surface area (Å²) in [6, 6.07) is 7.21. The molecule has 2 aromatic rings. The molecule has 5 nitrogen and oxygen atoms in total. The molecule has 0 heterocycles. The van der Waals surface area contributed by atoms with Gasteiger partial charge < -0.3 is 9.47 Å². The molecule has 0 saturated heterocycles. The Bertz CT molecular complexity index is 864. The number of fused-ring (bicyclic) bond motifs is 1. The summed E-state index contributed by atoms with van der Waals surface area (Å²) in [5.41, 5.74) is 0.956. The van der Waals surface area contributed by atoms with Gasteiger partial charge in [0, 0.05) is 25.7 Å². The normalized spacial score (nSPS) is 10.4. The van der Waals surface area contributed by atoms with E-state index < -0.39 is 11.9 Å². The Morgan fingerprint density at radius 1 is 1.00 bits per heavy atom. The van der Waals surface area contributed by atoms with Crippen LogP contribution >= 0.6 is 0 Å². The van der Waals surface area contributed by atoms with Crippen LogP contribution in [0.15, 0.2) is 36.9 Å². The SMILES string of the molecule is C=CCc1c(C(=O)CC)c(OC(C)=O)c(OC(C)=O)c2ccccc12. The molecule has 0 aliphatic carbocycles. The maximum atomic E-state index is 12.6. The molecule has 0 bridgehead atoms. The van der Waals surface area contributed by atoms with Gasteiger partial charge in [0.1, 0.15) is 0 Å². The maximum absolute atomic E-state index is 12.6. The number of hydrogen-bond donors (Lipinski definition) is 0. The molecule has 0 radical (unpaired) electrons. The summed E-state index contributed by atoms with van der Waals surface area (Å²) in [6.45, 7) is 7.96. The summed E-state index contributed by atoms with van der Waals surface area (Å²) >= 11 is 0. The van der Waals surface area contributed by atoms with Crippen LogP contribution < -0.4 is 9.47 Å². The van der Waals surface area contributed by atoms with Crippen molar-refractivity contribution >= 4 is 28.5 Å². The van der Waals surface area contributed by atoms with Gasteiger partial charge in [0.25, 0.3) is 0 Å². The Hall–Kier alpha value is -2.95. The van der Waals surface area contributed by atoms with Crippen LogP contribution in [0.2, 0.25) is 0 Å². The van der Waals surface area contributed by atoms with Crippen LogP contribution in [-0.2, 0) is 16.0 Å². The van der Waals surface area contributed by atoms with Crippen molar-refractivity contribution in [3.8, 4) is 11.5 Å². The van der Waals surface area contributed by atoms with Gasteiger partial charge in [-0.05, 0) is 17.4 Å².